The summed E-state index contributed by atoms with van der Waals surface area (Å²) in [6.07, 6.45) is 3.94. The van der Waals surface area contributed by atoms with E-state index in [1.54, 1.807) is 11.3 Å². The van der Waals surface area contributed by atoms with Crippen molar-refractivity contribution in [2.45, 2.75) is 25.8 Å². The van der Waals surface area contributed by atoms with E-state index in [1.165, 1.54) is 5.01 Å². The van der Waals surface area contributed by atoms with Crippen molar-refractivity contribution < 1.29 is 0 Å². The fourth-order valence-corrected chi connectivity index (χ4v) is 2.07. The van der Waals surface area contributed by atoms with Crippen LogP contribution in [-0.4, -0.2) is 18.1 Å². The molecule has 0 aliphatic carbocycles. The predicted octanol–water partition coefficient (Wildman–Crippen LogP) is 2.16. The minimum absolute atomic E-state index is 0.475. The molecular weight excluding hydrogens is 180 g/mol. The maximum absolute atomic E-state index is 4.42. The zero-order chi connectivity index (χ0) is 9.68. The van der Waals surface area contributed by atoms with E-state index in [1.807, 2.05) is 20.0 Å². The van der Waals surface area contributed by atoms with E-state index in [9.17, 15) is 0 Å². The van der Waals surface area contributed by atoms with Crippen LogP contribution in [0.3, 0.4) is 0 Å². The second kappa shape index (κ2) is 5.14. The Morgan fingerprint density at radius 3 is 3.00 bits per heavy atom. The van der Waals surface area contributed by atoms with Crippen molar-refractivity contribution in [3.8, 4) is 0 Å². The van der Waals surface area contributed by atoms with Gasteiger partial charge in [-0.2, -0.15) is 0 Å². The molecule has 0 spiro atoms. The summed E-state index contributed by atoms with van der Waals surface area (Å²) in [4.78, 5) is 4.42. The molecular formula is C10H16N2S. The van der Waals surface area contributed by atoms with E-state index in [2.05, 4.69) is 22.3 Å². The lowest BCUT2D eigenvalue weighted by atomic mass is 10.1. The Kier molecular flexibility index (Phi) is 4.12. The Hall–Kier alpha value is -0.670. The molecule has 0 amide bonds. The molecule has 1 N–H and O–H groups in total. The van der Waals surface area contributed by atoms with Crippen LogP contribution < -0.4 is 5.32 Å². The summed E-state index contributed by atoms with van der Waals surface area (Å²) < 4.78 is 0. The van der Waals surface area contributed by atoms with Crippen LogP contribution in [0.15, 0.2) is 18.0 Å². The number of hydrogen-bond donors (Lipinski definition) is 1. The molecule has 1 rings (SSSR count). The highest BCUT2D eigenvalue weighted by molar-refractivity contribution is 7.09. The molecule has 13 heavy (non-hydrogen) atoms. The standard InChI is InChI=1S/C10H16N2S/c1-4-5-9(11-3)6-10-12-8(2)7-13-10/h4,7,9,11H,1,5-6H2,2-3H3. The highest BCUT2D eigenvalue weighted by Gasteiger charge is 2.07. The molecule has 1 unspecified atom stereocenters. The zero-order valence-corrected chi connectivity index (χ0v) is 9.03. The van der Waals surface area contributed by atoms with Crippen molar-refractivity contribution in [2.24, 2.45) is 0 Å². The van der Waals surface area contributed by atoms with Crippen molar-refractivity contribution in [1.82, 2.24) is 10.3 Å². The van der Waals surface area contributed by atoms with Gasteiger partial charge in [0.25, 0.3) is 0 Å². The summed E-state index contributed by atoms with van der Waals surface area (Å²) >= 11 is 1.73. The molecule has 1 heterocycles. The van der Waals surface area contributed by atoms with Gasteiger partial charge in [-0.3, -0.25) is 0 Å². The van der Waals surface area contributed by atoms with E-state index in [0.717, 1.165) is 18.5 Å². The molecule has 0 bridgehead atoms. The van der Waals surface area contributed by atoms with Crippen LogP contribution in [0.5, 0.6) is 0 Å². The Labute approximate surface area is 83.7 Å². The Bertz CT molecular complexity index is 268. The fourth-order valence-electron chi connectivity index (χ4n) is 1.21. The molecule has 0 saturated heterocycles. The second-order valence-corrected chi connectivity index (χ2v) is 4.04. The molecule has 0 radical (unpaired) electrons. The number of hydrogen-bond acceptors (Lipinski definition) is 3. The smallest absolute Gasteiger partial charge is 0.0943 e. The van der Waals surface area contributed by atoms with Gasteiger partial charge in [0, 0.05) is 23.5 Å². The molecule has 0 aromatic carbocycles. The molecule has 2 nitrogen and oxygen atoms in total. The van der Waals surface area contributed by atoms with E-state index in [0.29, 0.717) is 6.04 Å². The first-order chi connectivity index (χ1) is 6.26. The van der Waals surface area contributed by atoms with Gasteiger partial charge >= 0.3 is 0 Å². The van der Waals surface area contributed by atoms with Gasteiger partial charge in [0.2, 0.25) is 0 Å². The zero-order valence-electron chi connectivity index (χ0n) is 8.21. The number of nitrogens with one attached hydrogen (secondary N) is 1. The van der Waals surface area contributed by atoms with Gasteiger partial charge in [0.15, 0.2) is 0 Å². The highest BCUT2D eigenvalue weighted by atomic mass is 32.1. The summed E-state index contributed by atoms with van der Waals surface area (Å²) in [6.45, 7) is 5.77. The Balaban J connectivity index is 2.50. The molecule has 1 aromatic heterocycles. The molecule has 0 aliphatic rings. The van der Waals surface area contributed by atoms with Crippen LogP contribution in [0.1, 0.15) is 17.1 Å². The SMILES string of the molecule is C=CCC(Cc1nc(C)cs1)NC. The molecule has 0 saturated carbocycles. The maximum atomic E-state index is 4.42. The minimum atomic E-state index is 0.475. The predicted molar refractivity (Wildman–Crippen MR) is 58.2 cm³/mol. The van der Waals surface area contributed by atoms with Crippen LogP contribution in [0.4, 0.5) is 0 Å². The Morgan fingerprint density at radius 2 is 2.54 bits per heavy atom. The number of thiazole rings is 1. The van der Waals surface area contributed by atoms with E-state index in [4.69, 9.17) is 0 Å². The van der Waals surface area contributed by atoms with Crippen LogP contribution in [0, 0.1) is 6.92 Å². The van der Waals surface area contributed by atoms with Crippen LogP contribution in [0.25, 0.3) is 0 Å². The first-order valence-corrected chi connectivity index (χ1v) is 5.33. The number of rotatable bonds is 5. The van der Waals surface area contributed by atoms with E-state index >= 15 is 0 Å². The number of nitrogens with zero attached hydrogens (tertiary/aromatic N) is 1. The van der Waals surface area contributed by atoms with Crippen LogP contribution in [0.2, 0.25) is 0 Å². The third kappa shape index (κ3) is 3.28. The van der Waals surface area contributed by atoms with Gasteiger partial charge in [0.05, 0.1) is 5.01 Å². The fraction of sp³-hybridized carbons (Fsp3) is 0.500. The number of likely N-dealkylation sites (N-methyl/N-ethyl adjacent to an activating group) is 1. The summed E-state index contributed by atoms with van der Waals surface area (Å²) in [5.74, 6) is 0. The van der Waals surface area contributed by atoms with Gasteiger partial charge in [0.1, 0.15) is 0 Å². The third-order valence-corrected chi connectivity index (χ3v) is 2.94. The van der Waals surface area contributed by atoms with Crippen molar-refractivity contribution >= 4 is 11.3 Å². The van der Waals surface area contributed by atoms with E-state index in [-0.39, 0.29) is 0 Å². The molecule has 0 fully saturated rings. The summed E-state index contributed by atoms with van der Waals surface area (Å²) in [6, 6.07) is 0.475. The Morgan fingerprint density at radius 1 is 1.77 bits per heavy atom. The van der Waals surface area contributed by atoms with Crippen molar-refractivity contribution in [1.29, 1.82) is 0 Å². The van der Waals surface area contributed by atoms with Gasteiger partial charge in [-0.1, -0.05) is 6.08 Å². The third-order valence-electron chi connectivity index (χ3n) is 1.95. The van der Waals surface area contributed by atoms with Crippen LogP contribution >= 0.6 is 11.3 Å². The van der Waals surface area contributed by atoms with Gasteiger partial charge in [-0.15, -0.1) is 17.9 Å². The highest BCUT2D eigenvalue weighted by Crippen LogP contribution is 2.12. The average molecular weight is 196 g/mol. The first-order valence-electron chi connectivity index (χ1n) is 4.45. The topological polar surface area (TPSA) is 24.9 Å². The van der Waals surface area contributed by atoms with Crippen molar-refractivity contribution in [3.63, 3.8) is 0 Å². The van der Waals surface area contributed by atoms with Crippen molar-refractivity contribution in [3.05, 3.63) is 28.7 Å². The average Bonchev–Trinajstić information content (AvgIpc) is 2.50. The lowest BCUT2D eigenvalue weighted by molar-refractivity contribution is 0.564. The molecule has 0 aliphatic heterocycles. The van der Waals surface area contributed by atoms with Gasteiger partial charge in [-0.05, 0) is 20.4 Å². The van der Waals surface area contributed by atoms with Gasteiger partial charge in [-0.25, -0.2) is 4.98 Å². The van der Waals surface area contributed by atoms with Crippen LogP contribution in [-0.2, 0) is 6.42 Å². The normalized spacial score (nSPS) is 12.8. The monoisotopic (exact) mass is 196 g/mol. The maximum Gasteiger partial charge on any atom is 0.0943 e. The minimum Gasteiger partial charge on any atom is -0.316 e. The van der Waals surface area contributed by atoms with Crippen molar-refractivity contribution in [2.75, 3.05) is 7.05 Å². The lowest BCUT2D eigenvalue weighted by Crippen LogP contribution is -2.26. The van der Waals surface area contributed by atoms with Gasteiger partial charge < -0.3 is 5.32 Å². The quantitative estimate of drug-likeness (QED) is 0.730. The van der Waals surface area contributed by atoms with E-state index < -0.39 is 0 Å². The summed E-state index contributed by atoms with van der Waals surface area (Å²) in [5.41, 5.74) is 1.12. The largest absolute Gasteiger partial charge is 0.316 e. The molecule has 1 atom stereocenters. The summed E-state index contributed by atoms with van der Waals surface area (Å²) in [5, 5.41) is 6.56. The number of aromatic nitrogens is 1. The first kappa shape index (κ1) is 10.4. The number of aryl methyl sites for hydroxylation is 1. The summed E-state index contributed by atoms with van der Waals surface area (Å²) in [7, 11) is 1.98. The second-order valence-electron chi connectivity index (χ2n) is 3.10. The lowest BCUT2D eigenvalue weighted by Gasteiger charge is -2.11. The molecule has 72 valence electrons. The molecule has 1 aromatic rings. The molecule has 3 heteroatoms.